The first kappa shape index (κ1) is 54.9. The molecule has 13 rings (SSSR count). The van der Waals surface area contributed by atoms with Crippen LogP contribution < -0.4 is 36.5 Å². The molecule has 18 heteroatoms. The maximum absolute atomic E-state index is 13.6. The third-order valence-electron chi connectivity index (χ3n) is 19.8. The van der Waals surface area contributed by atoms with Gasteiger partial charge in [0.2, 0.25) is 5.75 Å². The molecule has 5 aromatic rings. The minimum absolute atomic E-state index is 0.0317. The number of aliphatic imine (C=N–C) groups is 1. The molecule has 0 radical (unpaired) electrons. The van der Waals surface area contributed by atoms with Crippen molar-refractivity contribution >= 4 is 22.8 Å². The maximum atomic E-state index is 13.6. The van der Waals surface area contributed by atoms with Gasteiger partial charge >= 0.3 is 5.97 Å². The average molecular weight is 1130 g/mol. The zero-order valence-corrected chi connectivity index (χ0v) is 47.3. The van der Waals surface area contributed by atoms with Gasteiger partial charge in [-0.15, -0.1) is 0 Å². The van der Waals surface area contributed by atoms with E-state index in [1.165, 1.54) is 30.7 Å². The molecule has 8 aliphatic rings. The number of phenols is 3. The number of esters is 1. The van der Waals surface area contributed by atoms with E-state index in [1.807, 2.05) is 36.5 Å². The van der Waals surface area contributed by atoms with Crippen LogP contribution in [0.4, 0.5) is 0 Å². The molecule has 3 aliphatic carbocycles. The number of nitrogens with zero attached hydrogens (tertiary/aromatic N) is 3. The van der Waals surface area contributed by atoms with Crippen LogP contribution in [0, 0.1) is 40.9 Å². The summed E-state index contributed by atoms with van der Waals surface area (Å²) < 4.78 is 29.3. The van der Waals surface area contributed by atoms with Crippen LogP contribution in [0.15, 0.2) is 102 Å². The zero-order chi connectivity index (χ0) is 56.8. The summed E-state index contributed by atoms with van der Waals surface area (Å²) >= 11 is 0. The van der Waals surface area contributed by atoms with Crippen molar-refractivity contribution in [3.8, 4) is 40.6 Å². The Balaban J connectivity index is 0.908. The van der Waals surface area contributed by atoms with Gasteiger partial charge in [0.05, 0.1) is 47.0 Å². The smallest absolute Gasteiger partial charge is 0.302 e. The fourth-order valence-electron chi connectivity index (χ4n) is 15.9. The lowest BCUT2D eigenvalue weighted by atomic mass is 9.51. The van der Waals surface area contributed by atoms with Crippen molar-refractivity contribution in [3.63, 3.8) is 0 Å². The number of aromatic nitrogens is 3. The number of benzene rings is 2. The summed E-state index contributed by atoms with van der Waals surface area (Å²) in [6, 6.07) is 15.0. The number of aromatic hydroxyl groups is 3. The highest BCUT2D eigenvalue weighted by molar-refractivity contribution is 5.85. The van der Waals surface area contributed by atoms with Crippen molar-refractivity contribution in [1.29, 1.82) is 0 Å². The number of nitrogens with one attached hydrogen (secondary N) is 5. The van der Waals surface area contributed by atoms with Crippen LogP contribution in [-0.4, -0.2) is 103 Å². The molecule has 3 saturated carbocycles. The number of carbonyl (C=O) groups excluding carboxylic acids is 1. The number of aliphatic hydroxyl groups excluding tert-OH is 1. The molecular weight excluding hydrogens is 1050 g/mol. The minimum atomic E-state index is -0.981. The second-order valence-electron chi connectivity index (χ2n) is 24.6. The summed E-state index contributed by atoms with van der Waals surface area (Å²) in [5, 5.41) is 64.1. The van der Waals surface area contributed by atoms with Crippen LogP contribution >= 0.6 is 0 Å². The van der Waals surface area contributed by atoms with E-state index in [1.54, 1.807) is 24.5 Å². The number of hydrogen-bond acceptors (Lipinski definition) is 14. The van der Waals surface area contributed by atoms with E-state index in [9.17, 15) is 25.2 Å². The number of allylic oxidation sites excluding steroid dienone is 2. The molecule has 2 bridgehead atoms. The molecule has 11 N–H and O–H groups in total. The molecule has 1 spiro atoms. The predicted octanol–water partition coefficient (Wildman–Crippen LogP) is 8.08. The first-order valence-corrected chi connectivity index (χ1v) is 30.4. The number of H-pyrrole nitrogens is 1. The minimum Gasteiger partial charge on any atom is -0.504 e. The zero-order valence-electron chi connectivity index (χ0n) is 47.3. The largest absolute Gasteiger partial charge is 0.504 e. The second kappa shape index (κ2) is 23.0. The summed E-state index contributed by atoms with van der Waals surface area (Å²) in [4.78, 5) is 26.1. The van der Waals surface area contributed by atoms with Gasteiger partial charge in [0.15, 0.2) is 29.0 Å². The Bertz CT molecular complexity index is 3360. The number of pyridine rings is 1. The molecule has 2 aromatic carbocycles. The van der Waals surface area contributed by atoms with Crippen molar-refractivity contribution in [2.75, 3.05) is 19.7 Å². The van der Waals surface area contributed by atoms with Crippen LogP contribution in [-0.2, 0) is 33.5 Å². The molecule has 12 unspecified atom stereocenters. The number of guanidine groups is 1. The first-order chi connectivity index (χ1) is 40.4. The van der Waals surface area contributed by atoms with Crippen molar-refractivity contribution in [3.05, 3.63) is 119 Å². The Hall–Kier alpha value is -7.33. The van der Waals surface area contributed by atoms with Crippen LogP contribution in [0.1, 0.15) is 131 Å². The number of rotatable bonds is 13. The fraction of sp³-hybridized carbons (Fsp3) is 0.523. The number of aliphatic hydroxyl groups is 1. The van der Waals surface area contributed by atoms with Gasteiger partial charge in [-0.25, -0.2) is 0 Å². The molecule has 5 fully saturated rings. The van der Waals surface area contributed by atoms with Crippen molar-refractivity contribution < 1.29 is 44.2 Å². The molecule has 8 heterocycles. The Kier molecular flexibility index (Phi) is 15.2. The van der Waals surface area contributed by atoms with Crippen molar-refractivity contribution in [1.82, 2.24) is 35.8 Å². The van der Waals surface area contributed by atoms with E-state index in [0.717, 1.165) is 67.0 Å². The molecule has 438 valence electrons. The number of ether oxygens (including phenoxy) is 4. The summed E-state index contributed by atoms with van der Waals surface area (Å²) in [6.07, 6.45) is 21.4. The second-order valence-corrected chi connectivity index (χ2v) is 24.6. The van der Waals surface area contributed by atoms with Gasteiger partial charge in [0.1, 0.15) is 24.6 Å². The van der Waals surface area contributed by atoms with E-state index in [-0.39, 0.29) is 59.4 Å². The van der Waals surface area contributed by atoms with Gasteiger partial charge in [-0.2, -0.15) is 0 Å². The quantitative estimate of drug-likeness (QED) is 0.0176. The van der Waals surface area contributed by atoms with E-state index in [0.29, 0.717) is 94.0 Å². The Morgan fingerprint density at radius 2 is 1.90 bits per heavy atom. The molecule has 18 nitrogen and oxygen atoms in total. The van der Waals surface area contributed by atoms with E-state index >= 15 is 0 Å². The van der Waals surface area contributed by atoms with Crippen LogP contribution in [0.5, 0.6) is 28.7 Å². The summed E-state index contributed by atoms with van der Waals surface area (Å²) in [7, 11) is 0. The van der Waals surface area contributed by atoms with Crippen LogP contribution in [0.3, 0.4) is 0 Å². The Labute approximate surface area is 484 Å². The van der Waals surface area contributed by atoms with Gasteiger partial charge in [-0.05, 0) is 142 Å². The Morgan fingerprint density at radius 3 is 2.75 bits per heavy atom. The maximum Gasteiger partial charge on any atom is 0.302 e. The number of aryl methyl sites for hydroxylation is 1. The predicted molar refractivity (Wildman–Crippen MR) is 313 cm³/mol. The number of nitrogens with two attached hydrogens (primary N) is 1. The first-order valence-electron chi connectivity index (χ1n) is 30.4. The van der Waals surface area contributed by atoms with Crippen LogP contribution in [0.2, 0.25) is 0 Å². The topological polar surface area (TPSA) is 255 Å². The lowest BCUT2D eigenvalue weighted by molar-refractivity contribution is -0.196. The highest BCUT2D eigenvalue weighted by atomic mass is 16.6. The Morgan fingerprint density at radius 1 is 1.01 bits per heavy atom. The number of aromatic amines is 1. The summed E-state index contributed by atoms with van der Waals surface area (Å²) in [5.41, 5.74) is 10.2. The number of dihydropyridines is 1. The van der Waals surface area contributed by atoms with Gasteiger partial charge in [-0.1, -0.05) is 49.3 Å². The summed E-state index contributed by atoms with van der Waals surface area (Å²) in [6.45, 7) is 2.90. The summed E-state index contributed by atoms with van der Waals surface area (Å²) in [5.74, 6) is 7.60. The lowest BCUT2D eigenvalue weighted by Crippen LogP contribution is -2.81. The van der Waals surface area contributed by atoms with Gasteiger partial charge in [0, 0.05) is 92.5 Å². The molecule has 2 saturated heterocycles. The molecule has 12 atom stereocenters. The molecule has 83 heavy (non-hydrogen) atoms. The molecule has 0 amide bonds. The van der Waals surface area contributed by atoms with Crippen molar-refractivity contribution in [2.45, 2.75) is 164 Å². The standard InChI is InChI=1S/C65H79N9O9/c1-38(75)81-55-35-54(43-33-52(77)59(78)57(34-43)80-29-22-40-9-6-25-67-36-40)83-60-46(55)16-14-42-15-17-48-53(82-56-31-41(30-47(42)60)13-18-51(56)76)12-5-23-65(48)64(62(79)71-44-10-3-2-4-11-44)24-19-50-45-21-28-68-49(45)37-74(50)61(64)72-63(73-65)70-26-7-8-39-20-27-69-58(66)32-39/h6,9,13,18,20-21,25,28,31-34,36-37,42,44,46-48,53-55,60-62,68-69,71,76-79H,2-5,7-8,10-12,14,16,19,22-24,26-27,29-30,35,66H2,1H3,(H2,70,72,73). The normalized spacial score (nSPS) is 31.0. The lowest BCUT2D eigenvalue weighted by Gasteiger charge is -2.65. The monoisotopic (exact) mass is 1130 g/mol. The highest BCUT2D eigenvalue weighted by Crippen LogP contribution is 2.60. The number of hydrogen-bond donors (Lipinski definition) is 10. The van der Waals surface area contributed by atoms with E-state index in [4.69, 9.17) is 29.7 Å². The number of carbonyl (C=O) groups is 1. The third kappa shape index (κ3) is 10.5. The third-order valence-corrected chi connectivity index (χ3v) is 19.8. The van der Waals surface area contributed by atoms with Gasteiger partial charge in [-0.3, -0.25) is 20.1 Å². The number of fused-ring (bicyclic) bond motifs is 13. The van der Waals surface area contributed by atoms with E-state index < -0.39 is 53.7 Å². The van der Waals surface area contributed by atoms with Gasteiger partial charge in [0.25, 0.3) is 0 Å². The SMILES string of the molecule is CC(=O)OC1CC(c2cc(O)c(O)c(OCCc3cccnc3)c2)OC2C3Cc4ccc(O)c(c4)OC4CCCC5(NC(=NCCCC6=CCNC(N)=C6)NC6n7cc8[nH]ccc8c7CCC65C(O)NC5CCCCC5)C4C#CC3CCC12. The van der Waals surface area contributed by atoms with Gasteiger partial charge < -0.3 is 70.6 Å². The number of phenolic OH excluding ortho intramolecular Hbond substituents is 3. The van der Waals surface area contributed by atoms with Crippen molar-refractivity contribution in [2.24, 2.45) is 39.8 Å². The van der Waals surface area contributed by atoms with Crippen LogP contribution in [0.25, 0.3) is 10.9 Å². The molecule has 3 aromatic heterocycles. The highest BCUT2D eigenvalue weighted by Gasteiger charge is 2.69. The average Bonchev–Trinajstić information content (AvgIpc) is 1.77. The molecular formula is C65H79N9O9. The fourth-order valence-corrected chi connectivity index (χ4v) is 15.9. The molecule has 5 aliphatic heterocycles. The van der Waals surface area contributed by atoms with E-state index in [2.05, 4.69) is 66.0 Å².